The van der Waals surface area contributed by atoms with Crippen molar-refractivity contribution < 1.29 is 9.32 Å². The van der Waals surface area contributed by atoms with Crippen LogP contribution in [0.5, 0.6) is 0 Å². The number of aryl methyl sites for hydroxylation is 1. The van der Waals surface area contributed by atoms with E-state index >= 15 is 0 Å². The van der Waals surface area contributed by atoms with Gasteiger partial charge in [-0.3, -0.25) is 9.78 Å². The minimum atomic E-state index is -0.349. The predicted octanol–water partition coefficient (Wildman–Crippen LogP) is 2.77. The molecule has 1 atom stereocenters. The van der Waals surface area contributed by atoms with Crippen LogP contribution in [0.2, 0.25) is 0 Å². The topological polar surface area (TPSA) is 68.9 Å². The lowest BCUT2D eigenvalue weighted by molar-refractivity contribution is -0.119. The predicted molar refractivity (Wildman–Crippen MR) is 70.5 cm³/mol. The molecule has 0 amide bonds. The summed E-state index contributed by atoms with van der Waals surface area (Å²) in [6, 6.07) is 1.89. The maximum Gasteiger partial charge on any atom is 0.237 e. The zero-order valence-electron chi connectivity index (χ0n) is 11.5. The lowest BCUT2D eigenvalue weighted by atomic mass is 9.92. The first kappa shape index (κ1) is 13.4. The summed E-state index contributed by atoms with van der Waals surface area (Å²) in [6.45, 7) is 7.43. The van der Waals surface area contributed by atoms with E-state index < -0.39 is 0 Å². The summed E-state index contributed by atoms with van der Waals surface area (Å²) >= 11 is 0. The second kappa shape index (κ2) is 5.30. The van der Waals surface area contributed by atoms with Crippen molar-refractivity contribution in [3.8, 4) is 11.4 Å². The number of carbonyl (C=O) groups excluding carboxylic acids is 1. The third kappa shape index (κ3) is 2.70. The normalized spacial score (nSPS) is 12.7. The molecule has 0 aliphatic rings. The molecule has 19 heavy (non-hydrogen) atoms. The number of pyridine rings is 1. The molecule has 0 bridgehead atoms. The van der Waals surface area contributed by atoms with Crippen molar-refractivity contribution in [3.63, 3.8) is 0 Å². The second-order valence-corrected chi connectivity index (χ2v) is 4.98. The van der Waals surface area contributed by atoms with Gasteiger partial charge < -0.3 is 4.52 Å². The molecule has 0 aliphatic heterocycles. The van der Waals surface area contributed by atoms with E-state index in [-0.39, 0.29) is 17.6 Å². The van der Waals surface area contributed by atoms with Crippen molar-refractivity contribution in [2.45, 2.75) is 33.6 Å². The Hall–Kier alpha value is -2.04. The van der Waals surface area contributed by atoms with Crippen LogP contribution in [-0.4, -0.2) is 20.9 Å². The highest BCUT2D eigenvalue weighted by Gasteiger charge is 2.27. The molecule has 0 aliphatic carbocycles. The van der Waals surface area contributed by atoms with Gasteiger partial charge in [0, 0.05) is 18.0 Å². The van der Waals surface area contributed by atoms with E-state index in [1.54, 1.807) is 19.3 Å². The van der Waals surface area contributed by atoms with Gasteiger partial charge in [-0.25, -0.2) is 0 Å². The van der Waals surface area contributed by atoms with Crippen molar-refractivity contribution >= 4 is 5.78 Å². The molecule has 0 saturated heterocycles. The maximum atomic E-state index is 11.7. The highest BCUT2D eigenvalue weighted by Crippen LogP contribution is 2.27. The zero-order chi connectivity index (χ0) is 14.0. The van der Waals surface area contributed by atoms with Crippen molar-refractivity contribution in [2.75, 3.05) is 0 Å². The van der Waals surface area contributed by atoms with Crippen LogP contribution in [0.15, 0.2) is 23.0 Å². The summed E-state index contributed by atoms with van der Waals surface area (Å²) in [7, 11) is 0. The highest BCUT2D eigenvalue weighted by atomic mass is 16.5. The van der Waals surface area contributed by atoms with Crippen LogP contribution in [0, 0.1) is 12.8 Å². The second-order valence-electron chi connectivity index (χ2n) is 4.98. The fraction of sp³-hybridized carbons (Fsp3) is 0.429. The summed E-state index contributed by atoms with van der Waals surface area (Å²) in [6.07, 6.45) is 3.41. The number of ketones is 1. The molecule has 2 rings (SSSR count). The molecule has 2 aromatic rings. The number of hydrogen-bond donors (Lipinski definition) is 0. The molecule has 100 valence electrons. The number of Topliss-reactive ketones (excluding diaryl/α,β-unsaturated/α-hetero) is 1. The minimum Gasteiger partial charge on any atom is -0.338 e. The van der Waals surface area contributed by atoms with Crippen LogP contribution in [0.25, 0.3) is 11.4 Å². The van der Waals surface area contributed by atoms with Crippen molar-refractivity contribution in [3.05, 3.63) is 29.9 Å². The molecule has 0 radical (unpaired) electrons. The fourth-order valence-corrected chi connectivity index (χ4v) is 2.10. The first-order chi connectivity index (χ1) is 9.00. The first-order valence-corrected chi connectivity index (χ1v) is 6.25. The molecule has 0 spiro atoms. The van der Waals surface area contributed by atoms with E-state index in [0.29, 0.717) is 11.7 Å². The van der Waals surface area contributed by atoms with Gasteiger partial charge in [0.05, 0.1) is 5.92 Å². The summed E-state index contributed by atoms with van der Waals surface area (Å²) in [4.78, 5) is 20.1. The summed E-state index contributed by atoms with van der Waals surface area (Å²) in [5.41, 5.74) is 1.84. The quantitative estimate of drug-likeness (QED) is 0.844. The molecule has 1 unspecified atom stereocenters. The lowest BCUT2D eigenvalue weighted by Gasteiger charge is -2.12. The van der Waals surface area contributed by atoms with Gasteiger partial charge in [0.15, 0.2) is 0 Å². The molecule has 5 heteroatoms. The van der Waals surface area contributed by atoms with Gasteiger partial charge in [-0.2, -0.15) is 4.98 Å². The molecule has 0 N–H and O–H groups in total. The lowest BCUT2D eigenvalue weighted by Crippen LogP contribution is -2.15. The van der Waals surface area contributed by atoms with E-state index in [1.165, 1.54) is 0 Å². The largest absolute Gasteiger partial charge is 0.338 e. The molecule has 0 fully saturated rings. The molecular weight excluding hydrogens is 242 g/mol. The van der Waals surface area contributed by atoms with Gasteiger partial charge in [-0.05, 0) is 31.4 Å². The van der Waals surface area contributed by atoms with Crippen LogP contribution < -0.4 is 0 Å². The Labute approximate surface area is 112 Å². The fourth-order valence-electron chi connectivity index (χ4n) is 2.10. The Bertz CT molecular complexity index is 590. The molecule has 5 nitrogen and oxygen atoms in total. The van der Waals surface area contributed by atoms with E-state index in [0.717, 1.165) is 11.1 Å². The van der Waals surface area contributed by atoms with Crippen LogP contribution in [-0.2, 0) is 4.79 Å². The molecule has 0 saturated carbocycles. The van der Waals surface area contributed by atoms with Gasteiger partial charge in [-0.1, -0.05) is 19.0 Å². The van der Waals surface area contributed by atoms with Crippen molar-refractivity contribution in [1.29, 1.82) is 0 Å². The Morgan fingerprint density at radius 2 is 2.11 bits per heavy atom. The Morgan fingerprint density at radius 3 is 2.68 bits per heavy atom. The van der Waals surface area contributed by atoms with Crippen LogP contribution in [0.1, 0.15) is 38.1 Å². The van der Waals surface area contributed by atoms with Gasteiger partial charge in [0.2, 0.25) is 11.7 Å². The number of hydrogen-bond acceptors (Lipinski definition) is 5. The summed E-state index contributed by atoms with van der Waals surface area (Å²) in [5.74, 6) is 0.667. The van der Waals surface area contributed by atoms with Crippen molar-refractivity contribution in [2.24, 2.45) is 5.92 Å². The minimum absolute atomic E-state index is 0.0353. The van der Waals surface area contributed by atoms with E-state index in [4.69, 9.17) is 4.52 Å². The Morgan fingerprint density at radius 1 is 1.37 bits per heavy atom. The van der Waals surface area contributed by atoms with E-state index in [1.807, 2.05) is 26.8 Å². The standard InChI is InChI=1S/C14H17N3O2/c1-8(2)12(10(4)18)14-16-13(17-19-14)11-7-15-6-5-9(11)3/h5-8,12H,1-4H3. The monoisotopic (exact) mass is 259 g/mol. The molecule has 0 aromatic carbocycles. The van der Waals surface area contributed by atoms with Gasteiger partial charge >= 0.3 is 0 Å². The van der Waals surface area contributed by atoms with Crippen LogP contribution in [0.3, 0.4) is 0 Å². The summed E-state index contributed by atoms with van der Waals surface area (Å²) in [5, 5.41) is 3.95. The van der Waals surface area contributed by atoms with E-state index in [2.05, 4.69) is 15.1 Å². The van der Waals surface area contributed by atoms with Gasteiger partial charge in [-0.15, -0.1) is 0 Å². The highest BCUT2D eigenvalue weighted by molar-refractivity contribution is 5.82. The third-order valence-electron chi connectivity index (χ3n) is 3.09. The summed E-state index contributed by atoms with van der Waals surface area (Å²) < 4.78 is 5.25. The van der Waals surface area contributed by atoms with Crippen LogP contribution in [0.4, 0.5) is 0 Å². The Balaban J connectivity index is 2.39. The zero-order valence-corrected chi connectivity index (χ0v) is 11.5. The molecule has 2 heterocycles. The third-order valence-corrected chi connectivity index (χ3v) is 3.09. The molecular formula is C14H17N3O2. The number of rotatable bonds is 4. The first-order valence-electron chi connectivity index (χ1n) is 6.25. The Kier molecular flexibility index (Phi) is 3.74. The van der Waals surface area contributed by atoms with Crippen molar-refractivity contribution in [1.82, 2.24) is 15.1 Å². The average molecular weight is 259 g/mol. The molecule has 2 aromatic heterocycles. The SMILES string of the molecule is CC(=O)C(c1nc(-c2cnccc2C)no1)C(C)C. The van der Waals surface area contributed by atoms with Gasteiger partial charge in [0.25, 0.3) is 0 Å². The maximum absolute atomic E-state index is 11.7. The number of carbonyl (C=O) groups is 1. The number of aromatic nitrogens is 3. The number of nitrogens with zero attached hydrogens (tertiary/aromatic N) is 3. The van der Waals surface area contributed by atoms with Gasteiger partial charge in [0.1, 0.15) is 5.78 Å². The van der Waals surface area contributed by atoms with Crippen LogP contribution >= 0.6 is 0 Å². The van der Waals surface area contributed by atoms with E-state index in [9.17, 15) is 4.79 Å². The smallest absolute Gasteiger partial charge is 0.237 e. The average Bonchev–Trinajstić information content (AvgIpc) is 2.77.